The van der Waals surface area contributed by atoms with Crippen LogP contribution in [-0.2, 0) is 0 Å². The Morgan fingerprint density at radius 3 is 2.82 bits per heavy atom. The Hall–Kier alpha value is -2.14. The molecule has 2 heterocycles. The van der Waals surface area contributed by atoms with E-state index in [1.807, 2.05) is 23.1 Å². The van der Waals surface area contributed by atoms with Gasteiger partial charge in [0.2, 0.25) is 5.91 Å². The average Bonchev–Trinajstić information content (AvgIpc) is 2.95. The number of fused-ring (bicyclic) bond motifs is 1. The molecule has 3 rings (SSSR count). The van der Waals surface area contributed by atoms with E-state index >= 15 is 0 Å². The molecule has 2 aromatic rings. The van der Waals surface area contributed by atoms with Gasteiger partial charge in [-0.1, -0.05) is 25.1 Å². The molecule has 0 fully saturated rings. The number of carbonyl (C=O) groups excluding carboxylic acids is 2. The lowest BCUT2D eigenvalue weighted by Crippen LogP contribution is -2.31. The molecule has 1 unspecified atom stereocenters. The average molecular weight is 314 g/mol. The SMILES string of the molecule is CC1CCCN(C(=O)c2cc(C(N)=O)cs2)c2ccccc21. The van der Waals surface area contributed by atoms with Crippen molar-refractivity contribution in [3.8, 4) is 0 Å². The number of anilines is 1. The highest BCUT2D eigenvalue weighted by atomic mass is 32.1. The van der Waals surface area contributed by atoms with Crippen LogP contribution in [0.3, 0.4) is 0 Å². The third kappa shape index (κ3) is 2.64. The van der Waals surface area contributed by atoms with Gasteiger partial charge in [-0.15, -0.1) is 11.3 Å². The number of carbonyl (C=O) groups is 2. The Morgan fingerprint density at radius 2 is 2.09 bits per heavy atom. The fourth-order valence-corrected chi connectivity index (χ4v) is 3.75. The van der Waals surface area contributed by atoms with Gasteiger partial charge in [-0.05, 0) is 36.5 Å². The van der Waals surface area contributed by atoms with Crippen LogP contribution in [-0.4, -0.2) is 18.4 Å². The van der Waals surface area contributed by atoms with E-state index in [4.69, 9.17) is 5.73 Å². The van der Waals surface area contributed by atoms with Crippen molar-refractivity contribution in [2.24, 2.45) is 5.73 Å². The van der Waals surface area contributed by atoms with Crippen LogP contribution in [0, 0.1) is 0 Å². The first-order chi connectivity index (χ1) is 10.6. The summed E-state index contributed by atoms with van der Waals surface area (Å²) in [6, 6.07) is 9.65. The summed E-state index contributed by atoms with van der Waals surface area (Å²) in [5.41, 5.74) is 7.85. The molecule has 0 saturated heterocycles. The lowest BCUT2D eigenvalue weighted by Gasteiger charge is -2.23. The second kappa shape index (κ2) is 5.93. The van der Waals surface area contributed by atoms with Gasteiger partial charge in [0.05, 0.1) is 10.4 Å². The number of amides is 2. The third-order valence-corrected chi connectivity index (χ3v) is 5.04. The quantitative estimate of drug-likeness (QED) is 0.923. The van der Waals surface area contributed by atoms with Crippen molar-refractivity contribution in [1.29, 1.82) is 0 Å². The summed E-state index contributed by atoms with van der Waals surface area (Å²) in [6.07, 6.45) is 2.04. The first-order valence-corrected chi connectivity index (χ1v) is 8.25. The second-order valence-corrected chi connectivity index (χ2v) is 6.53. The molecule has 1 aliphatic heterocycles. The molecule has 0 bridgehead atoms. The zero-order valence-corrected chi connectivity index (χ0v) is 13.2. The maximum absolute atomic E-state index is 12.8. The van der Waals surface area contributed by atoms with Gasteiger partial charge in [0.1, 0.15) is 0 Å². The molecule has 0 spiro atoms. The van der Waals surface area contributed by atoms with Crippen molar-refractivity contribution < 1.29 is 9.59 Å². The molecule has 0 saturated carbocycles. The molecule has 114 valence electrons. The fourth-order valence-electron chi connectivity index (χ4n) is 2.90. The summed E-state index contributed by atoms with van der Waals surface area (Å²) < 4.78 is 0. The summed E-state index contributed by atoms with van der Waals surface area (Å²) in [4.78, 5) is 26.4. The number of benzene rings is 1. The van der Waals surface area contributed by atoms with Gasteiger partial charge in [-0.25, -0.2) is 0 Å². The molecule has 2 N–H and O–H groups in total. The van der Waals surface area contributed by atoms with Gasteiger partial charge in [0.25, 0.3) is 5.91 Å². The molecule has 1 atom stereocenters. The molecule has 1 aromatic carbocycles. The van der Waals surface area contributed by atoms with E-state index in [1.54, 1.807) is 11.4 Å². The molecule has 1 aliphatic rings. The Labute approximate surface area is 133 Å². The van der Waals surface area contributed by atoms with E-state index in [-0.39, 0.29) is 5.91 Å². The number of hydrogen-bond donors (Lipinski definition) is 1. The number of primary amides is 1. The van der Waals surface area contributed by atoms with Gasteiger partial charge < -0.3 is 10.6 Å². The van der Waals surface area contributed by atoms with Crippen LogP contribution >= 0.6 is 11.3 Å². The highest BCUT2D eigenvalue weighted by molar-refractivity contribution is 7.12. The minimum absolute atomic E-state index is 0.0564. The molecular formula is C17H18N2O2S. The van der Waals surface area contributed by atoms with Gasteiger partial charge in [-0.2, -0.15) is 0 Å². The topological polar surface area (TPSA) is 63.4 Å². The van der Waals surface area contributed by atoms with Crippen molar-refractivity contribution in [2.45, 2.75) is 25.7 Å². The normalized spacial score (nSPS) is 17.7. The van der Waals surface area contributed by atoms with E-state index in [2.05, 4.69) is 13.0 Å². The van der Waals surface area contributed by atoms with E-state index in [0.29, 0.717) is 22.9 Å². The minimum atomic E-state index is -0.500. The molecule has 1 aromatic heterocycles. The Balaban J connectivity index is 1.97. The monoisotopic (exact) mass is 314 g/mol. The van der Waals surface area contributed by atoms with Crippen LogP contribution in [0.25, 0.3) is 0 Å². The summed E-state index contributed by atoms with van der Waals surface area (Å²) in [5.74, 6) is -0.113. The Kier molecular flexibility index (Phi) is 3.98. The van der Waals surface area contributed by atoms with Gasteiger partial charge >= 0.3 is 0 Å². The van der Waals surface area contributed by atoms with Crippen molar-refractivity contribution in [3.05, 3.63) is 51.7 Å². The van der Waals surface area contributed by atoms with Gasteiger partial charge in [0, 0.05) is 17.6 Å². The summed E-state index contributed by atoms with van der Waals surface area (Å²) in [6.45, 7) is 2.90. The number of rotatable bonds is 2. The first-order valence-electron chi connectivity index (χ1n) is 7.37. The Bertz CT molecular complexity index is 723. The number of nitrogens with zero attached hydrogens (tertiary/aromatic N) is 1. The maximum atomic E-state index is 12.8. The van der Waals surface area contributed by atoms with E-state index in [1.165, 1.54) is 16.9 Å². The highest BCUT2D eigenvalue weighted by Gasteiger charge is 2.26. The molecule has 4 nitrogen and oxygen atoms in total. The number of thiophene rings is 1. The molecule has 2 amide bonds. The van der Waals surface area contributed by atoms with Crippen LogP contribution in [0.2, 0.25) is 0 Å². The molecular weight excluding hydrogens is 296 g/mol. The second-order valence-electron chi connectivity index (χ2n) is 5.62. The van der Waals surface area contributed by atoms with Crippen molar-refractivity contribution >= 4 is 28.8 Å². The fraction of sp³-hybridized carbons (Fsp3) is 0.294. The van der Waals surface area contributed by atoms with Crippen LogP contribution in [0.15, 0.2) is 35.7 Å². The first kappa shape index (κ1) is 14.8. The standard InChI is InChI=1S/C17H18N2O2S/c1-11-5-4-8-19(14-7-3-2-6-13(11)14)17(21)15-9-12(10-22-15)16(18)20/h2-3,6-7,9-11H,4-5,8H2,1H3,(H2,18,20). The highest BCUT2D eigenvalue weighted by Crippen LogP contribution is 2.35. The van der Waals surface area contributed by atoms with Crippen molar-refractivity contribution in [3.63, 3.8) is 0 Å². The predicted octanol–water partition coefficient (Wildman–Crippen LogP) is 3.39. The number of nitrogens with two attached hydrogens (primary N) is 1. The van der Waals surface area contributed by atoms with E-state index in [0.717, 1.165) is 18.5 Å². The smallest absolute Gasteiger partial charge is 0.268 e. The van der Waals surface area contributed by atoms with E-state index < -0.39 is 5.91 Å². The molecule has 22 heavy (non-hydrogen) atoms. The van der Waals surface area contributed by atoms with Gasteiger partial charge in [0.15, 0.2) is 0 Å². The lowest BCUT2D eigenvalue weighted by molar-refractivity contribution is 0.0990. The van der Waals surface area contributed by atoms with Gasteiger partial charge in [-0.3, -0.25) is 9.59 Å². The van der Waals surface area contributed by atoms with Crippen LogP contribution in [0.5, 0.6) is 0 Å². The zero-order valence-electron chi connectivity index (χ0n) is 12.4. The maximum Gasteiger partial charge on any atom is 0.268 e. The van der Waals surface area contributed by atoms with Crippen LogP contribution < -0.4 is 10.6 Å². The van der Waals surface area contributed by atoms with Crippen molar-refractivity contribution in [1.82, 2.24) is 0 Å². The van der Waals surface area contributed by atoms with Crippen molar-refractivity contribution in [2.75, 3.05) is 11.4 Å². The third-order valence-electron chi connectivity index (χ3n) is 4.12. The predicted molar refractivity (Wildman–Crippen MR) is 88.6 cm³/mol. The van der Waals surface area contributed by atoms with E-state index in [9.17, 15) is 9.59 Å². The number of para-hydroxylation sites is 1. The summed E-state index contributed by atoms with van der Waals surface area (Å²) in [7, 11) is 0. The van der Waals surface area contributed by atoms with Crippen LogP contribution in [0.1, 0.15) is 51.3 Å². The lowest BCUT2D eigenvalue weighted by atomic mass is 9.96. The summed E-state index contributed by atoms with van der Waals surface area (Å²) in [5, 5.41) is 1.64. The molecule has 0 radical (unpaired) electrons. The molecule has 5 heteroatoms. The largest absolute Gasteiger partial charge is 0.366 e. The number of hydrogen-bond acceptors (Lipinski definition) is 3. The summed E-state index contributed by atoms with van der Waals surface area (Å²) >= 11 is 1.27. The zero-order chi connectivity index (χ0) is 15.7. The molecule has 0 aliphatic carbocycles. The Morgan fingerprint density at radius 1 is 1.32 bits per heavy atom. The van der Waals surface area contributed by atoms with Crippen LogP contribution in [0.4, 0.5) is 5.69 Å². The minimum Gasteiger partial charge on any atom is -0.366 e.